The van der Waals surface area contributed by atoms with Gasteiger partial charge in [-0.2, -0.15) is 10.4 Å². The number of nitrogens with two attached hydrogens (primary N) is 1. The molecule has 3 heterocycles. The number of fused-ring (bicyclic) bond motifs is 1. The zero-order chi connectivity index (χ0) is 21.2. The van der Waals surface area contributed by atoms with E-state index in [0.29, 0.717) is 11.3 Å². The van der Waals surface area contributed by atoms with E-state index in [4.69, 9.17) is 5.73 Å². The Kier molecular flexibility index (Phi) is 5.19. The highest BCUT2D eigenvalue weighted by Crippen LogP contribution is 2.28. The molecule has 0 saturated carbocycles. The smallest absolute Gasteiger partial charge is 0.163 e. The summed E-state index contributed by atoms with van der Waals surface area (Å²) in [5.74, 6) is 0.234. The molecule has 156 valence electrons. The Morgan fingerprint density at radius 2 is 1.71 bits per heavy atom. The Morgan fingerprint density at radius 1 is 0.968 bits per heavy atom. The van der Waals surface area contributed by atoms with Crippen molar-refractivity contribution in [3.63, 3.8) is 0 Å². The van der Waals surface area contributed by atoms with Crippen LogP contribution in [-0.4, -0.2) is 32.8 Å². The minimum Gasteiger partial charge on any atom is -0.381 e. The molecule has 0 unspecified atom stereocenters. The molecule has 4 aromatic rings. The number of nitrogen functional groups attached to an aromatic ring is 1. The molecule has 0 bridgehead atoms. The Morgan fingerprint density at radius 3 is 2.45 bits per heavy atom. The van der Waals surface area contributed by atoms with Crippen LogP contribution in [0.5, 0.6) is 0 Å². The fourth-order valence-electron chi connectivity index (χ4n) is 4.48. The molecule has 2 aromatic heterocycles. The van der Waals surface area contributed by atoms with Crippen LogP contribution in [0.3, 0.4) is 0 Å². The normalized spacial score (nSPS) is 14.7. The van der Waals surface area contributed by atoms with Crippen molar-refractivity contribution in [1.82, 2.24) is 19.7 Å². The Bertz CT molecular complexity index is 1240. The van der Waals surface area contributed by atoms with Crippen LogP contribution in [0.1, 0.15) is 36.0 Å². The van der Waals surface area contributed by atoms with Crippen molar-refractivity contribution in [3.8, 4) is 17.3 Å². The molecule has 6 nitrogen and oxygen atoms in total. The predicted octanol–water partition coefficient (Wildman–Crippen LogP) is 4.52. The fourth-order valence-corrected chi connectivity index (χ4v) is 4.48. The average Bonchev–Trinajstić information content (AvgIpc) is 3.38. The van der Waals surface area contributed by atoms with Gasteiger partial charge >= 0.3 is 0 Å². The van der Waals surface area contributed by atoms with Gasteiger partial charge in [0.2, 0.25) is 0 Å². The number of likely N-dealkylation sites (tertiary alicyclic amines) is 1. The van der Waals surface area contributed by atoms with Gasteiger partial charge in [0, 0.05) is 30.4 Å². The molecule has 0 spiro atoms. The third-order valence-electron chi connectivity index (χ3n) is 6.20. The Hall–Kier alpha value is -3.56. The minimum absolute atomic E-state index is 0.234. The second kappa shape index (κ2) is 8.29. The van der Waals surface area contributed by atoms with Gasteiger partial charge in [-0.25, -0.2) is 0 Å². The van der Waals surface area contributed by atoms with E-state index < -0.39 is 0 Å². The van der Waals surface area contributed by atoms with Gasteiger partial charge in [-0.1, -0.05) is 42.8 Å². The Labute approximate surface area is 181 Å². The number of anilines is 1. The number of benzene rings is 2. The molecular weight excluding hydrogens is 384 g/mol. The van der Waals surface area contributed by atoms with Crippen molar-refractivity contribution < 1.29 is 0 Å². The highest BCUT2D eigenvalue weighted by Gasteiger charge is 2.14. The van der Waals surface area contributed by atoms with Crippen LogP contribution >= 0.6 is 0 Å². The molecule has 1 aliphatic heterocycles. The lowest BCUT2D eigenvalue weighted by Crippen LogP contribution is -2.29. The predicted molar refractivity (Wildman–Crippen MR) is 123 cm³/mol. The number of piperidine rings is 1. The summed E-state index contributed by atoms with van der Waals surface area (Å²) in [4.78, 5) is 2.55. The van der Waals surface area contributed by atoms with Crippen molar-refractivity contribution in [2.24, 2.45) is 0 Å². The molecule has 3 N–H and O–H groups in total. The van der Waals surface area contributed by atoms with Gasteiger partial charge in [-0.15, -0.1) is 0 Å². The number of nitrogens with zero attached hydrogens (tertiary/aromatic N) is 4. The summed E-state index contributed by atoms with van der Waals surface area (Å²) in [6.07, 6.45) is 6.12. The average molecular weight is 411 g/mol. The third-order valence-corrected chi connectivity index (χ3v) is 6.20. The summed E-state index contributed by atoms with van der Waals surface area (Å²) in [6, 6.07) is 19.4. The number of hydrogen-bond acceptors (Lipinski definition) is 4. The molecule has 0 amide bonds. The van der Waals surface area contributed by atoms with Crippen molar-refractivity contribution in [1.29, 1.82) is 5.26 Å². The van der Waals surface area contributed by atoms with Crippen LogP contribution < -0.4 is 5.73 Å². The van der Waals surface area contributed by atoms with Crippen LogP contribution in [0.2, 0.25) is 0 Å². The number of rotatable bonds is 5. The zero-order valence-electron chi connectivity index (χ0n) is 17.5. The molecule has 1 aliphatic rings. The molecule has 1 saturated heterocycles. The topological polar surface area (TPSA) is 86.7 Å². The first-order valence-electron chi connectivity index (χ1n) is 10.8. The third kappa shape index (κ3) is 3.92. The van der Waals surface area contributed by atoms with Gasteiger partial charge in [-0.05, 0) is 54.6 Å². The first kappa shape index (κ1) is 19.4. The van der Waals surface area contributed by atoms with E-state index in [2.05, 4.69) is 74.4 Å². The van der Waals surface area contributed by atoms with E-state index >= 15 is 0 Å². The van der Waals surface area contributed by atoms with Gasteiger partial charge in [0.1, 0.15) is 11.6 Å². The SMILES string of the molecule is N#Cc1c(N)n[nH]c1-c1ccc2ccn(Cc3ccc(CN4CCCCC4)cc3)c2c1. The summed E-state index contributed by atoms with van der Waals surface area (Å²) in [5, 5.41) is 17.5. The first-order valence-corrected chi connectivity index (χ1v) is 10.8. The number of nitrogens with one attached hydrogen (secondary N) is 1. The number of H-pyrrole nitrogens is 1. The van der Waals surface area contributed by atoms with Crippen LogP contribution in [0, 0.1) is 11.3 Å². The van der Waals surface area contributed by atoms with Crippen molar-refractivity contribution in [2.45, 2.75) is 32.4 Å². The molecule has 0 radical (unpaired) electrons. The summed E-state index contributed by atoms with van der Waals surface area (Å²) in [7, 11) is 0. The number of aromatic amines is 1. The van der Waals surface area contributed by atoms with Gasteiger partial charge in [0.25, 0.3) is 0 Å². The molecule has 0 atom stereocenters. The van der Waals surface area contributed by atoms with E-state index in [-0.39, 0.29) is 5.82 Å². The lowest BCUT2D eigenvalue weighted by atomic mass is 10.1. The van der Waals surface area contributed by atoms with Crippen LogP contribution in [0.25, 0.3) is 22.2 Å². The van der Waals surface area contributed by atoms with E-state index in [9.17, 15) is 5.26 Å². The fraction of sp³-hybridized carbons (Fsp3) is 0.280. The lowest BCUT2D eigenvalue weighted by molar-refractivity contribution is 0.221. The van der Waals surface area contributed by atoms with Crippen LogP contribution in [0.15, 0.2) is 54.7 Å². The van der Waals surface area contributed by atoms with Crippen molar-refractivity contribution >= 4 is 16.7 Å². The minimum atomic E-state index is 0.234. The molecule has 0 aliphatic carbocycles. The standard InChI is InChI=1S/C25H26N6/c26-15-22-24(28-29-25(22)27)21-9-8-20-10-13-31(23(20)14-21)17-19-6-4-18(5-7-19)16-30-11-2-1-3-12-30/h4-10,13-14H,1-3,11-12,16-17H2,(H3,27,28,29). The molecule has 5 rings (SSSR count). The maximum absolute atomic E-state index is 9.40. The number of nitriles is 1. The lowest BCUT2D eigenvalue weighted by Gasteiger charge is -2.26. The van der Waals surface area contributed by atoms with E-state index in [1.54, 1.807) is 0 Å². The van der Waals surface area contributed by atoms with Gasteiger partial charge in [0.15, 0.2) is 5.82 Å². The molecule has 2 aromatic carbocycles. The van der Waals surface area contributed by atoms with Gasteiger partial charge < -0.3 is 10.3 Å². The van der Waals surface area contributed by atoms with Crippen molar-refractivity contribution in [3.05, 3.63) is 71.4 Å². The van der Waals surface area contributed by atoms with Gasteiger partial charge in [0.05, 0.1) is 5.69 Å². The summed E-state index contributed by atoms with van der Waals surface area (Å²) >= 11 is 0. The van der Waals surface area contributed by atoms with Crippen LogP contribution in [0.4, 0.5) is 5.82 Å². The van der Waals surface area contributed by atoms with Crippen molar-refractivity contribution in [2.75, 3.05) is 18.8 Å². The monoisotopic (exact) mass is 410 g/mol. The summed E-state index contributed by atoms with van der Waals surface area (Å²) in [5.41, 5.74) is 11.5. The van der Waals surface area contributed by atoms with Gasteiger partial charge in [-0.3, -0.25) is 10.00 Å². The molecule has 6 heteroatoms. The highest BCUT2D eigenvalue weighted by molar-refractivity contribution is 5.86. The largest absolute Gasteiger partial charge is 0.381 e. The maximum Gasteiger partial charge on any atom is 0.163 e. The second-order valence-electron chi connectivity index (χ2n) is 8.34. The van der Waals surface area contributed by atoms with E-state index in [1.165, 1.54) is 43.5 Å². The summed E-state index contributed by atoms with van der Waals surface area (Å²) < 4.78 is 2.24. The first-order chi connectivity index (χ1) is 15.2. The van der Waals surface area contributed by atoms with Crippen LogP contribution in [-0.2, 0) is 13.1 Å². The number of aromatic nitrogens is 3. The van der Waals surface area contributed by atoms with E-state index in [0.717, 1.165) is 29.6 Å². The zero-order valence-corrected chi connectivity index (χ0v) is 17.5. The second-order valence-corrected chi connectivity index (χ2v) is 8.34. The van der Waals surface area contributed by atoms with E-state index in [1.807, 2.05) is 6.07 Å². The Balaban J connectivity index is 1.37. The quantitative estimate of drug-likeness (QED) is 0.506. The molecule has 31 heavy (non-hydrogen) atoms. The number of hydrogen-bond donors (Lipinski definition) is 2. The molecule has 1 fully saturated rings. The highest BCUT2D eigenvalue weighted by atomic mass is 15.2. The summed E-state index contributed by atoms with van der Waals surface area (Å²) in [6.45, 7) is 4.28. The molecular formula is C25H26N6. The maximum atomic E-state index is 9.40.